The van der Waals surface area contributed by atoms with Crippen LogP contribution in [0.15, 0.2) is 0 Å². The molecular weight excluding hydrogens is 262 g/mol. The van der Waals surface area contributed by atoms with E-state index in [1.54, 1.807) is 0 Å². The summed E-state index contributed by atoms with van der Waals surface area (Å²) < 4.78 is 5.92. The lowest BCUT2D eigenvalue weighted by atomic mass is 9.74. The molecule has 20 heavy (non-hydrogen) atoms. The molecule has 7 heteroatoms. The van der Waals surface area contributed by atoms with E-state index in [0.29, 0.717) is 25.7 Å². The topological polar surface area (TPSA) is 148 Å². The van der Waals surface area contributed by atoms with Crippen molar-refractivity contribution in [3.63, 3.8) is 0 Å². The largest absolute Gasteiger partial charge is 0.395 e. The van der Waals surface area contributed by atoms with Crippen molar-refractivity contribution in [2.75, 3.05) is 6.61 Å². The summed E-state index contributed by atoms with van der Waals surface area (Å²) in [5.74, 6) is -0.401. The van der Waals surface area contributed by atoms with Crippen LogP contribution < -0.4 is 17.2 Å². The van der Waals surface area contributed by atoms with Gasteiger partial charge < -0.3 is 37.3 Å². The smallest absolute Gasteiger partial charge is 0.0867 e. The SMILES string of the molecule is N[C@@H]1CC[C@@H]([C@H](N)CO)OC1[C@H]1[C@H](O)[C@@H](O)CC[C@@H]1N. The number of nitrogens with two attached hydrogens (primary N) is 3. The van der Waals surface area contributed by atoms with Crippen molar-refractivity contribution in [2.24, 2.45) is 23.1 Å². The summed E-state index contributed by atoms with van der Waals surface area (Å²) in [6.07, 6.45) is 0.0534. The van der Waals surface area contributed by atoms with E-state index in [-0.39, 0.29) is 24.8 Å². The van der Waals surface area contributed by atoms with Gasteiger partial charge in [-0.2, -0.15) is 0 Å². The van der Waals surface area contributed by atoms with Gasteiger partial charge in [0.25, 0.3) is 0 Å². The number of hydrogen-bond acceptors (Lipinski definition) is 7. The molecule has 1 aliphatic heterocycles. The first-order chi connectivity index (χ1) is 9.45. The molecule has 7 nitrogen and oxygen atoms in total. The molecule has 0 aromatic rings. The van der Waals surface area contributed by atoms with E-state index in [1.807, 2.05) is 0 Å². The number of aliphatic hydroxyl groups is 3. The molecule has 0 aromatic heterocycles. The van der Waals surface area contributed by atoms with Gasteiger partial charge in [-0.15, -0.1) is 0 Å². The van der Waals surface area contributed by atoms with E-state index in [4.69, 9.17) is 27.0 Å². The van der Waals surface area contributed by atoms with Crippen LogP contribution in [0, 0.1) is 5.92 Å². The monoisotopic (exact) mass is 289 g/mol. The molecule has 9 N–H and O–H groups in total. The summed E-state index contributed by atoms with van der Waals surface area (Å²) in [7, 11) is 0. The van der Waals surface area contributed by atoms with Gasteiger partial charge in [-0.3, -0.25) is 0 Å². The third kappa shape index (κ3) is 3.14. The quantitative estimate of drug-likeness (QED) is 0.340. The maximum Gasteiger partial charge on any atom is 0.0867 e. The van der Waals surface area contributed by atoms with Gasteiger partial charge in [0.1, 0.15) is 0 Å². The fourth-order valence-corrected chi connectivity index (χ4v) is 3.37. The summed E-state index contributed by atoms with van der Waals surface area (Å²) in [6, 6.07) is -0.964. The maximum atomic E-state index is 10.2. The molecule has 1 saturated heterocycles. The highest BCUT2D eigenvalue weighted by Crippen LogP contribution is 2.34. The van der Waals surface area contributed by atoms with Crippen LogP contribution in [0.4, 0.5) is 0 Å². The van der Waals surface area contributed by atoms with E-state index >= 15 is 0 Å². The Bertz CT molecular complexity index is 320. The average Bonchev–Trinajstić information content (AvgIpc) is 2.44. The molecule has 0 spiro atoms. The average molecular weight is 289 g/mol. The molecular formula is C13H27N3O4. The molecule has 0 aromatic carbocycles. The Kier molecular flexibility index (Phi) is 5.36. The Morgan fingerprint density at radius 1 is 1.05 bits per heavy atom. The second-order valence-electron chi connectivity index (χ2n) is 6.10. The van der Waals surface area contributed by atoms with Gasteiger partial charge in [-0.25, -0.2) is 0 Å². The van der Waals surface area contributed by atoms with Crippen molar-refractivity contribution in [2.45, 2.75) is 68.2 Å². The molecule has 118 valence electrons. The number of ether oxygens (including phenoxy) is 1. The molecule has 2 aliphatic rings. The predicted molar refractivity (Wildman–Crippen MR) is 73.6 cm³/mol. The minimum Gasteiger partial charge on any atom is -0.395 e. The first-order valence-corrected chi connectivity index (χ1v) is 7.35. The Morgan fingerprint density at radius 3 is 2.35 bits per heavy atom. The maximum absolute atomic E-state index is 10.2. The van der Waals surface area contributed by atoms with Crippen LogP contribution in [-0.2, 0) is 4.74 Å². The van der Waals surface area contributed by atoms with Crippen LogP contribution in [0.25, 0.3) is 0 Å². The summed E-state index contributed by atoms with van der Waals surface area (Å²) in [5.41, 5.74) is 18.0. The van der Waals surface area contributed by atoms with E-state index in [0.717, 1.165) is 0 Å². The second-order valence-corrected chi connectivity index (χ2v) is 6.10. The number of rotatable bonds is 3. The molecule has 0 bridgehead atoms. The molecule has 0 radical (unpaired) electrons. The van der Waals surface area contributed by atoms with Crippen LogP contribution in [-0.4, -0.2) is 64.5 Å². The second kappa shape index (κ2) is 6.65. The summed E-state index contributed by atoms with van der Waals surface area (Å²) >= 11 is 0. The van der Waals surface area contributed by atoms with Crippen LogP contribution in [0.5, 0.6) is 0 Å². The third-order valence-corrected chi connectivity index (χ3v) is 4.68. The van der Waals surface area contributed by atoms with Crippen LogP contribution in [0.1, 0.15) is 25.7 Å². The fourth-order valence-electron chi connectivity index (χ4n) is 3.37. The molecule has 0 amide bonds. The minimum absolute atomic E-state index is 0.158. The van der Waals surface area contributed by atoms with Gasteiger partial charge in [0.2, 0.25) is 0 Å². The molecule has 2 fully saturated rings. The van der Waals surface area contributed by atoms with Gasteiger partial charge in [0.15, 0.2) is 0 Å². The van der Waals surface area contributed by atoms with Crippen LogP contribution in [0.3, 0.4) is 0 Å². The third-order valence-electron chi connectivity index (χ3n) is 4.68. The molecule has 2 rings (SSSR count). The fraction of sp³-hybridized carbons (Fsp3) is 1.00. The van der Waals surface area contributed by atoms with E-state index < -0.39 is 30.3 Å². The summed E-state index contributed by atoms with van der Waals surface area (Å²) in [4.78, 5) is 0. The lowest BCUT2D eigenvalue weighted by Crippen LogP contribution is -2.62. The van der Waals surface area contributed by atoms with E-state index in [9.17, 15) is 10.2 Å². The molecule has 1 saturated carbocycles. The van der Waals surface area contributed by atoms with Crippen molar-refractivity contribution in [1.29, 1.82) is 0 Å². The van der Waals surface area contributed by atoms with Crippen LogP contribution >= 0.6 is 0 Å². The van der Waals surface area contributed by atoms with Gasteiger partial charge in [-0.1, -0.05) is 0 Å². The Morgan fingerprint density at radius 2 is 1.70 bits per heavy atom. The normalized spacial score (nSPS) is 48.0. The first kappa shape index (κ1) is 16.1. The predicted octanol–water partition coefficient (Wildman–Crippen LogP) is -2.36. The van der Waals surface area contributed by atoms with E-state index in [1.165, 1.54) is 0 Å². The molecule has 1 heterocycles. The zero-order valence-electron chi connectivity index (χ0n) is 11.6. The van der Waals surface area contributed by atoms with Gasteiger partial charge in [-0.05, 0) is 25.7 Å². The van der Waals surface area contributed by atoms with Crippen molar-refractivity contribution >= 4 is 0 Å². The molecule has 8 atom stereocenters. The highest BCUT2D eigenvalue weighted by atomic mass is 16.5. The van der Waals surface area contributed by atoms with Crippen molar-refractivity contribution in [3.05, 3.63) is 0 Å². The van der Waals surface area contributed by atoms with Crippen molar-refractivity contribution in [3.8, 4) is 0 Å². The minimum atomic E-state index is -0.932. The Labute approximate surface area is 119 Å². The molecule has 1 aliphatic carbocycles. The Balaban J connectivity index is 2.11. The molecule has 1 unspecified atom stereocenters. The summed E-state index contributed by atoms with van der Waals surface area (Å²) in [6.45, 7) is -0.158. The summed E-state index contributed by atoms with van der Waals surface area (Å²) in [5, 5.41) is 29.2. The standard InChI is InChI=1S/C13H27N3O4/c14-6-1-3-9(18)12(19)11(6)13-7(15)2-4-10(20-13)8(16)5-17/h6-13,17-19H,1-5,14-16H2/t6-,7+,8+,9-,10-,11+,12+,13?/m0/s1. The number of hydrogen-bond donors (Lipinski definition) is 6. The van der Waals surface area contributed by atoms with Gasteiger partial charge in [0.05, 0.1) is 37.1 Å². The highest BCUT2D eigenvalue weighted by Gasteiger charge is 2.46. The van der Waals surface area contributed by atoms with E-state index in [2.05, 4.69) is 0 Å². The van der Waals surface area contributed by atoms with Crippen LogP contribution in [0.2, 0.25) is 0 Å². The van der Waals surface area contributed by atoms with Crippen molar-refractivity contribution in [1.82, 2.24) is 0 Å². The van der Waals surface area contributed by atoms with Gasteiger partial charge >= 0.3 is 0 Å². The first-order valence-electron chi connectivity index (χ1n) is 7.35. The van der Waals surface area contributed by atoms with Gasteiger partial charge in [0, 0.05) is 18.0 Å². The lowest BCUT2D eigenvalue weighted by molar-refractivity contribution is -0.155. The highest BCUT2D eigenvalue weighted by molar-refractivity contribution is 4.99. The Hall–Kier alpha value is -0.280. The zero-order valence-corrected chi connectivity index (χ0v) is 11.6. The number of aliphatic hydroxyl groups excluding tert-OH is 3. The van der Waals surface area contributed by atoms with Crippen molar-refractivity contribution < 1.29 is 20.1 Å². The lowest BCUT2D eigenvalue weighted by Gasteiger charge is -2.46. The zero-order chi connectivity index (χ0) is 14.9.